The number of hydrogen-bond acceptors (Lipinski definition) is 4. The van der Waals surface area contributed by atoms with Gasteiger partial charge in [-0.15, -0.1) is 0 Å². The first kappa shape index (κ1) is 17.6. The maximum Gasteiger partial charge on any atom is 0.267 e. The van der Waals surface area contributed by atoms with Crippen molar-refractivity contribution in [2.24, 2.45) is 0 Å². The van der Waals surface area contributed by atoms with Crippen molar-refractivity contribution in [3.63, 3.8) is 0 Å². The van der Waals surface area contributed by atoms with E-state index in [1.807, 2.05) is 37.1 Å². The van der Waals surface area contributed by atoms with E-state index >= 15 is 0 Å². The van der Waals surface area contributed by atoms with E-state index in [-0.39, 0.29) is 5.57 Å². The van der Waals surface area contributed by atoms with E-state index in [9.17, 15) is 10.1 Å². The Labute approximate surface area is 132 Å². The highest BCUT2D eigenvalue weighted by Gasteiger charge is 2.13. The molecule has 1 aromatic carbocycles. The molecule has 0 fully saturated rings. The van der Waals surface area contributed by atoms with Crippen molar-refractivity contribution in [2.45, 2.75) is 26.7 Å². The summed E-state index contributed by atoms with van der Waals surface area (Å²) in [5.41, 5.74) is 1.63. The molecule has 1 N–H and O–H groups in total. The number of carbonyl (C=O) groups excluding carboxylic acids is 1. The van der Waals surface area contributed by atoms with Gasteiger partial charge in [-0.3, -0.25) is 4.79 Å². The van der Waals surface area contributed by atoms with E-state index in [1.165, 1.54) is 0 Å². The molecule has 0 unspecified atom stereocenters. The van der Waals surface area contributed by atoms with Gasteiger partial charge < -0.3 is 15.0 Å². The highest BCUT2D eigenvalue weighted by molar-refractivity contribution is 6.07. The van der Waals surface area contributed by atoms with Crippen LogP contribution in [0.1, 0.15) is 25.3 Å². The van der Waals surface area contributed by atoms with Crippen LogP contribution in [0.2, 0.25) is 0 Å². The minimum absolute atomic E-state index is 0.0714. The van der Waals surface area contributed by atoms with Crippen LogP contribution in [0.5, 0.6) is 5.75 Å². The number of aryl methyl sites for hydroxylation is 1. The van der Waals surface area contributed by atoms with Crippen LogP contribution in [0.4, 0.5) is 5.69 Å². The SMILES string of the molecule is CCCCN(C)/C=C(/C#N)C(=O)Nc1cc(C)ccc1OC. The molecule has 0 atom stereocenters. The van der Waals surface area contributed by atoms with Gasteiger partial charge in [-0.05, 0) is 31.0 Å². The van der Waals surface area contributed by atoms with Gasteiger partial charge in [0.05, 0.1) is 12.8 Å². The molecule has 0 saturated heterocycles. The third-order valence-electron chi connectivity index (χ3n) is 3.18. The maximum atomic E-state index is 12.2. The van der Waals surface area contributed by atoms with E-state index in [0.717, 1.165) is 24.9 Å². The summed E-state index contributed by atoms with van der Waals surface area (Å²) in [4.78, 5) is 14.1. The van der Waals surface area contributed by atoms with Crippen LogP contribution in [-0.2, 0) is 4.79 Å². The van der Waals surface area contributed by atoms with E-state index in [0.29, 0.717) is 11.4 Å². The van der Waals surface area contributed by atoms with Crippen LogP contribution in [0.3, 0.4) is 0 Å². The lowest BCUT2D eigenvalue weighted by molar-refractivity contribution is -0.112. The molecule has 1 aromatic rings. The van der Waals surface area contributed by atoms with Gasteiger partial charge in [-0.25, -0.2) is 0 Å². The van der Waals surface area contributed by atoms with Crippen molar-refractivity contribution in [1.82, 2.24) is 4.90 Å². The summed E-state index contributed by atoms with van der Waals surface area (Å²) in [7, 11) is 3.40. The Morgan fingerprint density at radius 1 is 1.50 bits per heavy atom. The molecule has 0 heterocycles. The number of ether oxygens (including phenoxy) is 1. The molecule has 22 heavy (non-hydrogen) atoms. The first-order valence-electron chi connectivity index (χ1n) is 7.30. The second kappa shape index (κ2) is 8.73. The molecule has 0 aliphatic rings. The average molecular weight is 301 g/mol. The molecule has 5 heteroatoms. The Morgan fingerprint density at radius 2 is 2.23 bits per heavy atom. The van der Waals surface area contributed by atoms with Crippen LogP contribution in [-0.4, -0.2) is 31.5 Å². The predicted octanol–water partition coefficient (Wildman–Crippen LogP) is 3.08. The number of nitrogens with one attached hydrogen (secondary N) is 1. The fourth-order valence-corrected chi connectivity index (χ4v) is 1.94. The number of methoxy groups -OCH3 is 1. The Hall–Kier alpha value is -2.48. The topological polar surface area (TPSA) is 65.4 Å². The summed E-state index contributed by atoms with van der Waals surface area (Å²) in [5.74, 6) is 0.130. The number of unbranched alkanes of at least 4 members (excludes halogenated alkanes) is 1. The van der Waals surface area contributed by atoms with Crippen LogP contribution in [0.15, 0.2) is 30.0 Å². The zero-order valence-corrected chi connectivity index (χ0v) is 13.6. The van der Waals surface area contributed by atoms with Crippen LogP contribution >= 0.6 is 0 Å². The van der Waals surface area contributed by atoms with E-state index in [1.54, 1.807) is 19.4 Å². The van der Waals surface area contributed by atoms with Crippen LogP contribution in [0, 0.1) is 18.3 Å². The van der Waals surface area contributed by atoms with Gasteiger partial charge in [0.25, 0.3) is 5.91 Å². The lowest BCUT2D eigenvalue weighted by Gasteiger charge is -2.14. The molecule has 0 radical (unpaired) electrons. The second-order valence-corrected chi connectivity index (χ2v) is 5.15. The van der Waals surface area contributed by atoms with Gasteiger partial charge in [0.2, 0.25) is 0 Å². The number of nitrogens with zero attached hydrogens (tertiary/aromatic N) is 2. The Morgan fingerprint density at radius 3 is 2.82 bits per heavy atom. The molecule has 0 saturated carbocycles. The van der Waals surface area contributed by atoms with Gasteiger partial charge in [0, 0.05) is 19.8 Å². The van der Waals surface area contributed by atoms with Crippen LogP contribution in [0.25, 0.3) is 0 Å². The molecule has 0 aliphatic carbocycles. The standard InChI is InChI=1S/C17H23N3O2/c1-5-6-9-20(3)12-14(11-18)17(21)19-15-10-13(2)7-8-16(15)22-4/h7-8,10,12H,5-6,9H2,1-4H3,(H,19,21)/b14-12-. The number of nitriles is 1. The fraction of sp³-hybridized carbons (Fsp3) is 0.412. The lowest BCUT2D eigenvalue weighted by atomic mass is 10.2. The summed E-state index contributed by atoms with van der Waals surface area (Å²) in [6.45, 7) is 4.83. The maximum absolute atomic E-state index is 12.2. The molecular weight excluding hydrogens is 278 g/mol. The van der Waals surface area contributed by atoms with Gasteiger partial charge in [0.1, 0.15) is 17.4 Å². The highest BCUT2D eigenvalue weighted by atomic mass is 16.5. The van der Waals surface area contributed by atoms with E-state index in [4.69, 9.17) is 4.74 Å². The van der Waals surface area contributed by atoms with Crippen molar-refractivity contribution in [3.05, 3.63) is 35.5 Å². The number of anilines is 1. The summed E-state index contributed by atoms with van der Waals surface area (Å²) >= 11 is 0. The number of hydrogen-bond donors (Lipinski definition) is 1. The monoisotopic (exact) mass is 301 g/mol. The fourth-order valence-electron chi connectivity index (χ4n) is 1.94. The number of carbonyl (C=O) groups is 1. The van der Waals surface area contributed by atoms with Crippen molar-refractivity contribution in [3.8, 4) is 11.8 Å². The highest BCUT2D eigenvalue weighted by Crippen LogP contribution is 2.25. The molecule has 1 amide bonds. The quantitative estimate of drug-likeness (QED) is 0.621. The lowest BCUT2D eigenvalue weighted by Crippen LogP contribution is -2.19. The molecule has 118 valence electrons. The Kier molecular flexibility index (Phi) is 6.97. The summed E-state index contributed by atoms with van der Waals surface area (Å²) in [5, 5.41) is 11.9. The van der Waals surface area contributed by atoms with E-state index in [2.05, 4.69) is 12.2 Å². The van der Waals surface area contributed by atoms with Gasteiger partial charge in [-0.1, -0.05) is 19.4 Å². The minimum atomic E-state index is -0.435. The molecule has 0 bridgehead atoms. The predicted molar refractivity (Wildman–Crippen MR) is 87.6 cm³/mol. The second-order valence-electron chi connectivity index (χ2n) is 5.15. The largest absolute Gasteiger partial charge is 0.495 e. The first-order valence-corrected chi connectivity index (χ1v) is 7.30. The zero-order valence-electron chi connectivity index (χ0n) is 13.6. The third kappa shape index (κ3) is 5.13. The number of amides is 1. The number of rotatable bonds is 7. The van der Waals surface area contributed by atoms with Crippen molar-refractivity contribution in [2.75, 3.05) is 26.0 Å². The van der Waals surface area contributed by atoms with Crippen molar-refractivity contribution >= 4 is 11.6 Å². The minimum Gasteiger partial charge on any atom is -0.495 e. The summed E-state index contributed by atoms with van der Waals surface area (Å²) < 4.78 is 5.22. The molecule has 0 spiro atoms. The molecule has 0 aliphatic heterocycles. The normalized spacial score (nSPS) is 10.8. The number of benzene rings is 1. The summed E-state index contributed by atoms with van der Waals surface area (Å²) in [6.07, 6.45) is 3.65. The van der Waals surface area contributed by atoms with E-state index < -0.39 is 5.91 Å². The first-order chi connectivity index (χ1) is 10.5. The zero-order chi connectivity index (χ0) is 16.5. The molecular formula is C17H23N3O2. The van der Waals surface area contributed by atoms with Crippen LogP contribution < -0.4 is 10.1 Å². The average Bonchev–Trinajstić information content (AvgIpc) is 2.50. The molecule has 1 rings (SSSR count). The van der Waals surface area contributed by atoms with Crippen molar-refractivity contribution in [1.29, 1.82) is 5.26 Å². The Bertz CT molecular complexity index is 588. The third-order valence-corrected chi connectivity index (χ3v) is 3.18. The van der Waals surface area contributed by atoms with Gasteiger partial charge in [0.15, 0.2) is 0 Å². The van der Waals surface area contributed by atoms with Gasteiger partial charge in [-0.2, -0.15) is 5.26 Å². The van der Waals surface area contributed by atoms with Gasteiger partial charge >= 0.3 is 0 Å². The Balaban J connectivity index is 2.88. The smallest absolute Gasteiger partial charge is 0.267 e. The summed E-state index contributed by atoms with van der Waals surface area (Å²) in [6, 6.07) is 7.44. The molecule has 0 aromatic heterocycles. The molecule has 5 nitrogen and oxygen atoms in total. The van der Waals surface area contributed by atoms with Crippen molar-refractivity contribution < 1.29 is 9.53 Å².